The minimum absolute atomic E-state index is 0.118. The topological polar surface area (TPSA) is 24.9 Å². The molecule has 1 aromatic heterocycles. The molecule has 1 unspecified atom stereocenters. The number of halogens is 2. The maximum atomic E-state index is 14.0. The average Bonchev–Trinajstić information content (AvgIpc) is 2.47. The lowest BCUT2D eigenvalue weighted by Crippen LogP contribution is -2.08. The maximum Gasteiger partial charge on any atom is 0.129 e. The van der Waals surface area contributed by atoms with Crippen molar-refractivity contribution in [3.63, 3.8) is 0 Å². The van der Waals surface area contributed by atoms with Crippen molar-refractivity contribution in [2.24, 2.45) is 0 Å². The summed E-state index contributed by atoms with van der Waals surface area (Å²) in [5.41, 5.74) is 2.54. The van der Waals surface area contributed by atoms with Gasteiger partial charge in [0.15, 0.2) is 0 Å². The Morgan fingerprint density at radius 2 is 2.00 bits per heavy atom. The summed E-state index contributed by atoms with van der Waals surface area (Å²) >= 11 is 3.27. The van der Waals surface area contributed by atoms with Gasteiger partial charge in [0.1, 0.15) is 5.82 Å². The van der Waals surface area contributed by atoms with Crippen molar-refractivity contribution >= 4 is 32.5 Å². The van der Waals surface area contributed by atoms with Gasteiger partial charge in [0.2, 0.25) is 0 Å². The first-order chi connectivity index (χ1) is 10.1. The lowest BCUT2D eigenvalue weighted by molar-refractivity contribution is 0.599. The van der Waals surface area contributed by atoms with Crippen LogP contribution >= 0.6 is 15.9 Å². The third-order valence-electron chi connectivity index (χ3n) is 3.42. The average molecular weight is 345 g/mol. The predicted molar refractivity (Wildman–Crippen MR) is 87.9 cm³/mol. The zero-order valence-electron chi connectivity index (χ0n) is 11.5. The second kappa shape index (κ2) is 5.82. The van der Waals surface area contributed by atoms with E-state index in [4.69, 9.17) is 0 Å². The van der Waals surface area contributed by atoms with E-state index in [0.29, 0.717) is 5.56 Å². The van der Waals surface area contributed by atoms with Gasteiger partial charge in [-0.15, -0.1) is 0 Å². The molecular formula is C17H14BrFN2. The summed E-state index contributed by atoms with van der Waals surface area (Å²) in [5.74, 6) is -0.216. The Morgan fingerprint density at radius 1 is 1.14 bits per heavy atom. The van der Waals surface area contributed by atoms with E-state index in [1.165, 1.54) is 6.07 Å². The Morgan fingerprint density at radius 3 is 2.81 bits per heavy atom. The Kier molecular flexibility index (Phi) is 3.88. The molecule has 0 spiro atoms. The number of fused-ring (bicyclic) bond motifs is 1. The number of rotatable bonds is 3. The molecule has 2 nitrogen and oxygen atoms in total. The normalized spacial score (nSPS) is 12.3. The van der Waals surface area contributed by atoms with E-state index in [1.54, 1.807) is 12.3 Å². The van der Waals surface area contributed by atoms with Crippen LogP contribution in [0.3, 0.4) is 0 Å². The van der Waals surface area contributed by atoms with E-state index in [2.05, 4.69) is 26.2 Å². The number of benzene rings is 2. The maximum absolute atomic E-state index is 14.0. The van der Waals surface area contributed by atoms with Gasteiger partial charge in [0.25, 0.3) is 0 Å². The van der Waals surface area contributed by atoms with Crippen molar-refractivity contribution in [1.29, 1.82) is 0 Å². The van der Waals surface area contributed by atoms with Crippen LogP contribution in [0, 0.1) is 5.82 Å². The summed E-state index contributed by atoms with van der Waals surface area (Å²) in [4.78, 5) is 4.29. The zero-order valence-corrected chi connectivity index (χ0v) is 13.1. The van der Waals surface area contributed by atoms with Crippen LogP contribution in [0.5, 0.6) is 0 Å². The Balaban J connectivity index is 1.87. The molecule has 0 fully saturated rings. The van der Waals surface area contributed by atoms with Crippen LogP contribution in [0.1, 0.15) is 18.5 Å². The Bertz CT molecular complexity index is 789. The van der Waals surface area contributed by atoms with Crippen LogP contribution in [-0.2, 0) is 0 Å². The van der Waals surface area contributed by atoms with Gasteiger partial charge in [-0.3, -0.25) is 4.98 Å². The highest BCUT2D eigenvalue weighted by atomic mass is 79.9. The minimum atomic E-state index is -0.216. The van der Waals surface area contributed by atoms with Crippen molar-refractivity contribution < 1.29 is 4.39 Å². The second-order valence-electron chi connectivity index (χ2n) is 4.94. The molecule has 3 aromatic rings. The highest BCUT2D eigenvalue weighted by molar-refractivity contribution is 9.10. The number of nitrogens with one attached hydrogen (secondary N) is 1. The smallest absolute Gasteiger partial charge is 0.129 e. The SMILES string of the molecule is CC(Nc1ccc2ncccc2c1)c1ccc(Br)cc1F. The molecule has 3 rings (SSSR count). The standard InChI is InChI=1S/C17H14BrFN2/c1-11(15-6-4-13(18)10-16(15)19)21-14-5-7-17-12(9-14)3-2-8-20-17/h2-11,21H,1H3. The summed E-state index contributed by atoms with van der Waals surface area (Å²) in [6.07, 6.45) is 1.77. The van der Waals surface area contributed by atoms with E-state index < -0.39 is 0 Å². The van der Waals surface area contributed by atoms with Crippen LogP contribution in [0.15, 0.2) is 59.2 Å². The summed E-state index contributed by atoms with van der Waals surface area (Å²) < 4.78 is 14.7. The van der Waals surface area contributed by atoms with Gasteiger partial charge in [0, 0.05) is 27.3 Å². The fourth-order valence-electron chi connectivity index (χ4n) is 2.35. The second-order valence-corrected chi connectivity index (χ2v) is 5.86. The van der Waals surface area contributed by atoms with Crippen LogP contribution in [0.2, 0.25) is 0 Å². The highest BCUT2D eigenvalue weighted by Gasteiger charge is 2.11. The van der Waals surface area contributed by atoms with Crippen LogP contribution in [0.4, 0.5) is 10.1 Å². The van der Waals surface area contributed by atoms with Gasteiger partial charge in [-0.1, -0.05) is 28.1 Å². The first-order valence-electron chi connectivity index (χ1n) is 6.70. The van der Waals surface area contributed by atoms with Gasteiger partial charge < -0.3 is 5.32 Å². The first kappa shape index (κ1) is 14.0. The van der Waals surface area contributed by atoms with Crippen molar-refractivity contribution in [2.75, 3.05) is 5.32 Å². The van der Waals surface area contributed by atoms with Crippen molar-refractivity contribution in [3.05, 3.63) is 70.6 Å². The molecule has 106 valence electrons. The molecule has 0 aliphatic rings. The largest absolute Gasteiger partial charge is 0.378 e. The van der Waals surface area contributed by atoms with Gasteiger partial charge >= 0.3 is 0 Å². The monoisotopic (exact) mass is 344 g/mol. The number of hydrogen-bond acceptors (Lipinski definition) is 2. The molecule has 21 heavy (non-hydrogen) atoms. The molecule has 0 saturated carbocycles. The van der Waals surface area contributed by atoms with Gasteiger partial charge in [-0.05, 0) is 43.3 Å². The van der Waals surface area contributed by atoms with Crippen molar-refractivity contribution in [1.82, 2.24) is 4.98 Å². The summed E-state index contributed by atoms with van der Waals surface area (Å²) in [5, 5.41) is 4.39. The predicted octanol–water partition coefficient (Wildman–Crippen LogP) is 5.31. The molecule has 0 bridgehead atoms. The Labute approximate surface area is 131 Å². The lowest BCUT2D eigenvalue weighted by atomic mass is 10.1. The van der Waals surface area contributed by atoms with Crippen LogP contribution in [0.25, 0.3) is 10.9 Å². The van der Waals surface area contributed by atoms with Crippen LogP contribution in [-0.4, -0.2) is 4.98 Å². The molecular weight excluding hydrogens is 331 g/mol. The van der Waals surface area contributed by atoms with E-state index in [-0.39, 0.29) is 11.9 Å². The fourth-order valence-corrected chi connectivity index (χ4v) is 2.68. The van der Waals surface area contributed by atoms with Gasteiger partial charge in [0.05, 0.1) is 11.6 Å². The quantitative estimate of drug-likeness (QED) is 0.696. The van der Waals surface area contributed by atoms with Gasteiger partial charge in [-0.2, -0.15) is 0 Å². The molecule has 0 aliphatic heterocycles. The first-order valence-corrected chi connectivity index (χ1v) is 7.49. The third kappa shape index (κ3) is 3.05. The van der Waals surface area contributed by atoms with Gasteiger partial charge in [-0.25, -0.2) is 4.39 Å². The highest BCUT2D eigenvalue weighted by Crippen LogP contribution is 2.25. The number of hydrogen-bond donors (Lipinski definition) is 1. The van der Waals surface area contributed by atoms with Crippen LogP contribution < -0.4 is 5.32 Å². The van der Waals surface area contributed by atoms with Crippen molar-refractivity contribution in [3.8, 4) is 0 Å². The molecule has 0 radical (unpaired) electrons. The van der Waals surface area contributed by atoms with Crippen molar-refractivity contribution in [2.45, 2.75) is 13.0 Å². The molecule has 4 heteroatoms. The summed E-state index contributed by atoms with van der Waals surface area (Å²) in [6.45, 7) is 1.94. The van der Waals surface area contributed by atoms with E-state index >= 15 is 0 Å². The number of nitrogens with zero attached hydrogens (tertiary/aromatic N) is 1. The lowest BCUT2D eigenvalue weighted by Gasteiger charge is -2.17. The molecule has 1 heterocycles. The molecule has 0 saturated heterocycles. The number of pyridine rings is 1. The van der Waals surface area contributed by atoms with E-state index in [1.807, 2.05) is 43.3 Å². The molecule has 2 aromatic carbocycles. The third-order valence-corrected chi connectivity index (χ3v) is 3.91. The molecule has 0 aliphatic carbocycles. The zero-order chi connectivity index (χ0) is 14.8. The molecule has 1 N–H and O–H groups in total. The molecule has 0 amide bonds. The Hall–Kier alpha value is -1.94. The number of anilines is 1. The molecule has 1 atom stereocenters. The fraction of sp³-hybridized carbons (Fsp3) is 0.118. The minimum Gasteiger partial charge on any atom is -0.378 e. The summed E-state index contributed by atoms with van der Waals surface area (Å²) in [6, 6.07) is 14.9. The van der Waals surface area contributed by atoms with E-state index in [0.717, 1.165) is 21.1 Å². The summed E-state index contributed by atoms with van der Waals surface area (Å²) in [7, 11) is 0. The number of aromatic nitrogens is 1. The van der Waals surface area contributed by atoms with E-state index in [9.17, 15) is 4.39 Å².